The van der Waals surface area contributed by atoms with Crippen LogP contribution in [0.4, 0.5) is 5.69 Å². The topological polar surface area (TPSA) is 86.8 Å². The zero-order valence-corrected chi connectivity index (χ0v) is 26.1. The molecule has 1 N–H and O–H groups in total. The maximum absolute atomic E-state index is 14.3. The summed E-state index contributed by atoms with van der Waals surface area (Å²) in [7, 11) is -3.82. The van der Waals surface area contributed by atoms with Crippen LogP contribution < -0.4 is 9.62 Å². The highest BCUT2D eigenvalue weighted by Crippen LogP contribution is 2.25. The van der Waals surface area contributed by atoms with E-state index in [0.29, 0.717) is 10.7 Å². The van der Waals surface area contributed by atoms with Crippen LogP contribution in [-0.4, -0.2) is 50.0 Å². The maximum atomic E-state index is 14.3. The Morgan fingerprint density at radius 3 is 2.26 bits per heavy atom. The van der Waals surface area contributed by atoms with E-state index in [2.05, 4.69) is 5.32 Å². The number of rotatable bonds is 11. The monoisotopic (exact) mass is 609 g/mol. The molecule has 2 amide bonds. The quantitative estimate of drug-likeness (QED) is 0.297. The van der Waals surface area contributed by atoms with Gasteiger partial charge in [0.05, 0.1) is 11.9 Å². The molecule has 3 aromatic rings. The molecule has 224 valence electrons. The number of nitrogens with zero attached hydrogens (tertiary/aromatic N) is 2. The molecular weight excluding hydrogens is 570 g/mol. The Labute approximate surface area is 254 Å². The van der Waals surface area contributed by atoms with Crippen LogP contribution >= 0.6 is 11.6 Å². The Morgan fingerprint density at radius 1 is 0.929 bits per heavy atom. The van der Waals surface area contributed by atoms with E-state index in [4.69, 9.17) is 11.6 Å². The molecule has 1 saturated carbocycles. The number of benzene rings is 3. The van der Waals surface area contributed by atoms with Gasteiger partial charge in [-0.25, -0.2) is 8.42 Å². The number of halogens is 1. The van der Waals surface area contributed by atoms with Crippen LogP contribution in [0.3, 0.4) is 0 Å². The van der Waals surface area contributed by atoms with Gasteiger partial charge in [0.25, 0.3) is 0 Å². The normalized spacial score (nSPS) is 14.7. The number of hydrogen-bond acceptors (Lipinski definition) is 4. The molecule has 7 nitrogen and oxygen atoms in total. The van der Waals surface area contributed by atoms with Crippen molar-refractivity contribution in [3.05, 3.63) is 100 Å². The van der Waals surface area contributed by atoms with Crippen molar-refractivity contribution in [2.75, 3.05) is 17.1 Å². The number of sulfonamides is 1. The summed E-state index contributed by atoms with van der Waals surface area (Å²) < 4.78 is 27.2. The van der Waals surface area contributed by atoms with Crippen LogP contribution in [0.1, 0.15) is 54.4 Å². The third-order valence-electron chi connectivity index (χ3n) is 7.76. The zero-order valence-electron chi connectivity index (χ0n) is 24.6. The van der Waals surface area contributed by atoms with E-state index in [1.807, 2.05) is 62.4 Å². The molecule has 0 bridgehead atoms. The number of amides is 2. The minimum atomic E-state index is -3.82. The fourth-order valence-electron chi connectivity index (χ4n) is 5.61. The average Bonchev–Trinajstić information content (AvgIpc) is 2.94. The Kier molecular flexibility index (Phi) is 10.7. The summed E-state index contributed by atoms with van der Waals surface area (Å²) in [4.78, 5) is 29.8. The summed E-state index contributed by atoms with van der Waals surface area (Å²) in [6, 6.07) is 21.4. The zero-order chi connectivity index (χ0) is 30.3. The summed E-state index contributed by atoms with van der Waals surface area (Å²) in [6.45, 7) is 3.41. The third kappa shape index (κ3) is 8.58. The molecule has 1 aliphatic carbocycles. The largest absolute Gasteiger partial charge is 0.352 e. The fourth-order valence-corrected chi connectivity index (χ4v) is 6.73. The molecule has 1 fully saturated rings. The first-order valence-electron chi connectivity index (χ1n) is 14.4. The lowest BCUT2D eigenvalue weighted by Crippen LogP contribution is -2.55. The van der Waals surface area contributed by atoms with Gasteiger partial charge in [0.2, 0.25) is 21.8 Å². The molecule has 1 aliphatic rings. The van der Waals surface area contributed by atoms with Crippen molar-refractivity contribution < 1.29 is 18.0 Å². The molecule has 9 heteroatoms. The van der Waals surface area contributed by atoms with E-state index in [9.17, 15) is 18.0 Å². The summed E-state index contributed by atoms with van der Waals surface area (Å²) in [5.74, 6) is -0.710. The average molecular weight is 610 g/mol. The van der Waals surface area contributed by atoms with Crippen LogP contribution in [0.2, 0.25) is 5.02 Å². The highest BCUT2D eigenvalue weighted by molar-refractivity contribution is 7.92. The van der Waals surface area contributed by atoms with Crippen molar-refractivity contribution in [3.8, 4) is 0 Å². The van der Waals surface area contributed by atoms with Gasteiger partial charge in [-0.05, 0) is 61.6 Å². The van der Waals surface area contributed by atoms with Gasteiger partial charge in [0.1, 0.15) is 12.6 Å². The van der Waals surface area contributed by atoms with E-state index in [-0.39, 0.29) is 24.9 Å². The minimum Gasteiger partial charge on any atom is -0.352 e. The first kappa shape index (κ1) is 31.6. The molecule has 0 unspecified atom stereocenters. The Balaban J connectivity index is 1.74. The fraction of sp³-hybridized carbons (Fsp3) is 0.394. The van der Waals surface area contributed by atoms with Crippen LogP contribution in [0.15, 0.2) is 72.8 Å². The molecular formula is C33H40ClN3O4S. The number of nitrogens with one attached hydrogen (secondary N) is 1. The molecule has 42 heavy (non-hydrogen) atoms. The summed E-state index contributed by atoms with van der Waals surface area (Å²) >= 11 is 6.29. The predicted molar refractivity (Wildman–Crippen MR) is 169 cm³/mol. The van der Waals surface area contributed by atoms with E-state index < -0.39 is 28.5 Å². The van der Waals surface area contributed by atoms with Crippen LogP contribution in [0.25, 0.3) is 0 Å². The van der Waals surface area contributed by atoms with Crippen molar-refractivity contribution in [2.24, 2.45) is 0 Å². The van der Waals surface area contributed by atoms with Crippen molar-refractivity contribution in [1.29, 1.82) is 0 Å². The van der Waals surface area contributed by atoms with Gasteiger partial charge in [-0.2, -0.15) is 0 Å². The van der Waals surface area contributed by atoms with E-state index in [1.54, 1.807) is 24.3 Å². The molecule has 0 aliphatic heterocycles. The first-order valence-corrected chi connectivity index (χ1v) is 16.7. The Hall–Kier alpha value is -3.36. The standard InChI is InChI=1S/C33H40ClN3O4S/c1-24-17-18-30(25(2)19-24)37(42(3,40)41)23-32(38)36(22-27-13-10-14-28(34)20-27)31(21-26-11-6-4-7-12-26)33(39)35-29-15-8-5-9-16-29/h4,6-7,10-14,17-20,29,31H,5,8-9,15-16,21-23H2,1-3H3,(H,35,39)/t31-/m0/s1. The van der Waals surface area contributed by atoms with Gasteiger partial charge in [-0.1, -0.05) is 91.0 Å². The molecule has 0 aromatic heterocycles. The SMILES string of the molecule is Cc1ccc(N(CC(=O)N(Cc2cccc(Cl)c2)[C@@H](Cc2ccccc2)C(=O)NC2CCCCC2)S(C)(=O)=O)c(C)c1. The van der Waals surface area contributed by atoms with Crippen LogP contribution in [0.5, 0.6) is 0 Å². The number of anilines is 1. The lowest BCUT2D eigenvalue weighted by molar-refractivity contribution is -0.140. The lowest BCUT2D eigenvalue weighted by Gasteiger charge is -2.35. The second-order valence-electron chi connectivity index (χ2n) is 11.3. The van der Waals surface area contributed by atoms with E-state index in [0.717, 1.165) is 64.9 Å². The summed E-state index contributed by atoms with van der Waals surface area (Å²) in [6.07, 6.45) is 6.45. The van der Waals surface area contributed by atoms with Gasteiger partial charge in [-0.15, -0.1) is 0 Å². The third-order valence-corrected chi connectivity index (χ3v) is 9.13. The first-order chi connectivity index (χ1) is 20.0. The molecule has 3 aromatic carbocycles. The summed E-state index contributed by atoms with van der Waals surface area (Å²) in [5, 5.41) is 3.72. The number of carbonyl (C=O) groups is 2. The lowest BCUT2D eigenvalue weighted by atomic mass is 9.94. The second kappa shape index (κ2) is 14.2. The number of aryl methyl sites for hydroxylation is 2. The van der Waals surface area contributed by atoms with Crippen molar-refractivity contribution in [2.45, 2.75) is 71.0 Å². The smallest absolute Gasteiger partial charge is 0.244 e. The maximum Gasteiger partial charge on any atom is 0.244 e. The molecule has 0 spiro atoms. The van der Waals surface area contributed by atoms with Gasteiger partial charge in [0, 0.05) is 24.0 Å². The van der Waals surface area contributed by atoms with Crippen LogP contribution in [-0.2, 0) is 32.6 Å². The highest BCUT2D eigenvalue weighted by atomic mass is 35.5. The number of carbonyl (C=O) groups excluding carboxylic acids is 2. The van der Waals surface area contributed by atoms with Crippen LogP contribution in [0, 0.1) is 13.8 Å². The van der Waals surface area contributed by atoms with Crippen molar-refractivity contribution >= 4 is 39.1 Å². The molecule has 4 rings (SSSR count). The van der Waals surface area contributed by atoms with E-state index >= 15 is 0 Å². The number of hydrogen-bond donors (Lipinski definition) is 1. The minimum absolute atomic E-state index is 0.0513. The Morgan fingerprint density at radius 2 is 1.62 bits per heavy atom. The van der Waals surface area contributed by atoms with Gasteiger partial charge >= 0.3 is 0 Å². The molecule has 0 saturated heterocycles. The highest BCUT2D eigenvalue weighted by Gasteiger charge is 2.34. The van der Waals surface area contributed by atoms with Crippen molar-refractivity contribution in [3.63, 3.8) is 0 Å². The Bertz CT molecular complexity index is 1490. The molecule has 0 radical (unpaired) electrons. The molecule has 0 heterocycles. The van der Waals surface area contributed by atoms with E-state index in [1.165, 1.54) is 4.90 Å². The van der Waals surface area contributed by atoms with Crippen molar-refractivity contribution in [1.82, 2.24) is 10.2 Å². The van der Waals surface area contributed by atoms with Gasteiger partial charge in [-0.3, -0.25) is 13.9 Å². The predicted octanol–water partition coefficient (Wildman–Crippen LogP) is 5.81. The molecule has 1 atom stereocenters. The van der Waals surface area contributed by atoms with Gasteiger partial charge in [0.15, 0.2) is 0 Å². The summed E-state index contributed by atoms with van der Waals surface area (Å²) in [5.41, 5.74) is 3.81. The second-order valence-corrected chi connectivity index (χ2v) is 13.6. The van der Waals surface area contributed by atoms with Gasteiger partial charge < -0.3 is 10.2 Å².